The molecule has 2 aliphatic rings. The summed E-state index contributed by atoms with van der Waals surface area (Å²) in [5, 5.41) is 4.68. The molecule has 0 unspecified atom stereocenters. The number of hydrogen-bond acceptors (Lipinski definition) is 4. The molecule has 27 heavy (non-hydrogen) atoms. The Balaban J connectivity index is 1.46. The minimum Gasteiger partial charge on any atom is -0.493 e. The van der Waals surface area contributed by atoms with E-state index in [-0.39, 0.29) is 0 Å². The van der Waals surface area contributed by atoms with Crippen molar-refractivity contribution in [2.75, 3.05) is 20.8 Å². The average molecular weight is 370 g/mol. The molecule has 2 fully saturated rings. The number of ether oxygens (including phenoxy) is 2. The van der Waals surface area contributed by atoms with Crippen molar-refractivity contribution in [3.63, 3.8) is 0 Å². The first-order valence-corrected chi connectivity index (χ1v) is 10.3. The Morgan fingerprint density at radius 3 is 2.59 bits per heavy atom. The third-order valence-electron chi connectivity index (χ3n) is 6.15. The van der Waals surface area contributed by atoms with Gasteiger partial charge in [0.15, 0.2) is 11.5 Å². The molecule has 1 saturated heterocycles. The summed E-state index contributed by atoms with van der Waals surface area (Å²) in [4.78, 5) is 2.57. The van der Waals surface area contributed by atoms with E-state index in [0.29, 0.717) is 12.1 Å². The lowest BCUT2D eigenvalue weighted by atomic mass is 9.96. The van der Waals surface area contributed by atoms with E-state index < -0.39 is 0 Å². The van der Waals surface area contributed by atoms with Crippen LogP contribution in [0.4, 0.5) is 0 Å². The number of hydrogen-bond donors (Lipinski definition) is 0. The van der Waals surface area contributed by atoms with Crippen LogP contribution in [0.1, 0.15) is 68.2 Å². The molecule has 1 aromatic carbocycles. The van der Waals surface area contributed by atoms with Gasteiger partial charge in [0, 0.05) is 24.3 Å². The summed E-state index contributed by atoms with van der Waals surface area (Å²) in [7, 11) is 3.39. The minimum absolute atomic E-state index is 0.433. The molecule has 2 aromatic rings. The Kier molecular flexibility index (Phi) is 5.67. The van der Waals surface area contributed by atoms with Crippen LogP contribution in [0.15, 0.2) is 30.6 Å². The lowest BCUT2D eigenvalue weighted by molar-refractivity contribution is 0.247. The van der Waals surface area contributed by atoms with Crippen LogP contribution in [0.5, 0.6) is 11.5 Å². The van der Waals surface area contributed by atoms with Crippen LogP contribution in [0.3, 0.4) is 0 Å². The van der Waals surface area contributed by atoms with E-state index in [9.17, 15) is 0 Å². The molecular weight excluding hydrogens is 338 g/mol. The zero-order valence-corrected chi connectivity index (χ0v) is 16.6. The van der Waals surface area contributed by atoms with Crippen LogP contribution in [0.25, 0.3) is 0 Å². The monoisotopic (exact) mass is 369 g/mol. The van der Waals surface area contributed by atoms with Gasteiger partial charge in [0.2, 0.25) is 0 Å². The van der Waals surface area contributed by atoms with Gasteiger partial charge in [-0.25, -0.2) is 0 Å². The summed E-state index contributed by atoms with van der Waals surface area (Å²) in [5.74, 6) is 1.60. The van der Waals surface area contributed by atoms with E-state index in [2.05, 4.69) is 39.2 Å². The van der Waals surface area contributed by atoms with Gasteiger partial charge in [0.1, 0.15) is 0 Å². The van der Waals surface area contributed by atoms with Crippen LogP contribution >= 0.6 is 0 Å². The number of benzene rings is 1. The first-order valence-electron chi connectivity index (χ1n) is 10.3. The summed E-state index contributed by atoms with van der Waals surface area (Å²) in [6.45, 7) is 2.10. The zero-order valence-electron chi connectivity index (χ0n) is 16.6. The van der Waals surface area contributed by atoms with Gasteiger partial charge in [-0.3, -0.25) is 9.58 Å². The summed E-state index contributed by atoms with van der Waals surface area (Å²) in [6, 6.07) is 7.37. The van der Waals surface area contributed by atoms with Crippen molar-refractivity contribution >= 4 is 0 Å². The highest BCUT2D eigenvalue weighted by molar-refractivity contribution is 5.44. The second kappa shape index (κ2) is 8.34. The van der Waals surface area contributed by atoms with Crippen molar-refractivity contribution in [1.82, 2.24) is 14.7 Å². The molecule has 0 radical (unpaired) electrons. The minimum atomic E-state index is 0.433. The summed E-state index contributed by atoms with van der Waals surface area (Å²) in [5.41, 5.74) is 2.64. The van der Waals surface area contributed by atoms with Crippen LogP contribution in [0.2, 0.25) is 0 Å². The van der Waals surface area contributed by atoms with Crippen LogP contribution in [0, 0.1) is 0 Å². The number of aromatic nitrogens is 2. The second-order valence-corrected chi connectivity index (χ2v) is 7.86. The molecule has 1 aliphatic heterocycles. The van der Waals surface area contributed by atoms with Crippen molar-refractivity contribution < 1.29 is 9.47 Å². The highest BCUT2D eigenvalue weighted by atomic mass is 16.5. The molecule has 0 N–H and O–H groups in total. The highest BCUT2D eigenvalue weighted by Crippen LogP contribution is 2.37. The van der Waals surface area contributed by atoms with E-state index in [0.717, 1.165) is 24.6 Å². The zero-order chi connectivity index (χ0) is 18.6. The molecule has 0 amide bonds. The van der Waals surface area contributed by atoms with Gasteiger partial charge in [-0.15, -0.1) is 0 Å². The quantitative estimate of drug-likeness (QED) is 0.737. The molecule has 1 atom stereocenters. The number of rotatable bonds is 6. The van der Waals surface area contributed by atoms with Crippen molar-refractivity contribution in [3.8, 4) is 11.5 Å². The molecule has 5 heteroatoms. The molecule has 1 aliphatic carbocycles. The van der Waals surface area contributed by atoms with Crippen LogP contribution < -0.4 is 9.47 Å². The first-order chi connectivity index (χ1) is 13.3. The fraction of sp³-hybridized carbons (Fsp3) is 0.591. The van der Waals surface area contributed by atoms with Crippen molar-refractivity contribution in [2.45, 2.75) is 63.6 Å². The predicted molar refractivity (Wildman–Crippen MR) is 106 cm³/mol. The maximum absolute atomic E-state index is 5.50. The van der Waals surface area contributed by atoms with E-state index >= 15 is 0 Å². The number of likely N-dealkylation sites (tertiary alicyclic amines) is 1. The van der Waals surface area contributed by atoms with Crippen LogP contribution in [-0.4, -0.2) is 35.4 Å². The van der Waals surface area contributed by atoms with E-state index in [1.54, 1.807) is 14.2 Å². The van der Waals surface area contributed by atoms with Gasteiger partial charge in [-0.1, -0.05) is 25.3 Å². The predicted octanol–water partition coefficient (Wildman–Crippen LogP) is 4.74. The molecule has 146 valence electrons. The molecule has 0 bridgehead atoms. The van der Waals surface area contributed by atoms with Gasteiger partial charge in [0.25, 0.3) is 0 Å². The molecular formula is C22H31N3O2. The normalized spacial score (nSPS) is 21.5. The Morgan fingerprint density at radius 2 is 1.81 bits per heavy atom. The van der Waals surface area contributed by atoms with E-state index in [1.165, 1.54) is 56.1 Å². The van der Waals surface area contributed by atoms with Gasteiger partial charge >= 0.3 is 0 Å². The third kappa shape index (κ3) is 3.98. The third-order valence-corrected chi connectivity index (χ3v) is 6.15. The van der Waals surface area contributed by atoms with E-state index in [4.69, 9.17) is 9.47 Å². The molecule has 1 saturated carbocycles. The Morgan fingerprint density at radius 1 is 1.00 bits per heavy atom. The first kappa shape index (κ1) is 18.4. The molecule has 0 spiro atoms. The standard InChI is InChI=1S/C22H31N3O2/c1-26-21-11-10-18(13-22(21)27-2)20-9-6-12-24(20)15-17-14-23-25(16-17)19-7-4-3-5-8-19/h10-11,13-14,16,19-20H,3-9,12,15H2,1-2H3/t20-/m1/s1. The fourth-order valence-electron chi connectivity index (χ4n) is 4.69. The van der Waals surface area contributed by atoms with Crippen molar-refractivity contribution in [1.29, 1.82) is 0 Å². The Hall–Kier alpha value is -2.01. The van der Waals surface area contributed by atoms with Crippen molar-refractivity contribution in [2.24, 2.45) is 0 Å². The lowest BCUT2D eigenvalue weighted by Gasteiger charge is -2.25. The van der Waals surface area contributed by atoms with Gasteiger partial charge in [-0.2, -0.15) is 5.10 Å². The van der Waals surface area contributed by atoms with Gasteiger partial charge < -0.3 is 9.47 Å². The maximum Gasteiger partial charge on any atom is 0.161 e. The highest BCUT2D eigenvalue weighted by Gasteiger charge is 2.27. The Bertz CT molecular complexity index is 752. The van der Waals surface area contributed by atoms with E-state index in [1.807, 2.05) is 6.07 Å². The topological polar surface area (TPSA) is 39.5 Å². The summed E-state index contributed by atoms with van der Waals surface area (Å²) >= 11 is 0. The average Bonchev–Trinajstić information content (AvgIpc) is 3.38. The molecule has 2 heterocycles. The van der Waals surface area contributed by atoms with Crippen molar-refractivity contribution in [3.05, 3.63) is 41.7 Å². The van der Waals surface area contributed by atoms with Gasteiger partial charge in [-0.05, 0) is 49.9 Å². The second-order valence-electron chi connectivity index (χ2n) is 7.86. The number of nitrogens with zero attached hydrogens (tertiary/aromatic N) is 3. The molecule has 1 aromatic heterocycles. The largest absolute Gasteiger partial charge is 0.493 e. The summed E-state index contributed by atoms with van der Waals surface area (Å²) in [6.07, 6.45) is 13.4. The summed E-state index contributed by atoms with van der Waals surface area (Å²) < 4.78 is 13.1. The smallest absolute Gasteiger partial charge is 0.161 e. The van der Waals surface area contributed by atoms with Gasteiger partial charge in [0.05, 0.1) is 26.5 Å². The number of methoxy groups -OCH3 is 2. The van der Waals surface area contributed by atoms with Crippen LogP contribution in [-0.2, 0) is 6.54 Å². The lowest BCUT2D eigenvalue weighted by Crippen LogP contribution is -2.22. The fourth-order valence-corrected chi connectivity index (χ4v) is 4.69. The maximum atomic E-state index is 5.50. The Labute approximate surface area is 162 Å². The molecule has 4 rings (SSSR count). The SMILES string of the molecule is COc1ccc([C@H]2CCCN2Cc2cnn(C3CCCCC3)c2)cc1OC. The molecule has 5 nitrogen and oxygen atoms in total.